The molecule has 1 aromatic carbocycles. The topological polar surface area (TPSA) is 12.0 Å². The highest BCUT2D eigenvalue weighted by Gasteiger charge is 2.27. The van der Waals surface area contributed by atoms with Crippen LogP contribution in [0.2, 0.25) is 10.0 Å². The van der Waals surface area contributed by atoms with Crippen LogP contribution in [0.4, 0.5) is 0 Å². The second kappa shape index (κ2) is 6.08. The van der Waals surface area contributed by atoms with Crippen molar-refractivity contribution in [1.29, 1.82) is 0 Å². The summed E-state index contributed by atoms with van der Waals surface area (Å²) >= 11 is 12.4. The molecule has 2 atom stereocenters. The molecule has 1 N–H and O–H groups in total. The predicted octanol–water partition coefficient (Wildman–Crippen LogP) is 4.63. The van der Waals surface area contributed by atoms with Crippen molar-refractivity contribution in [3.63, 3.8) is 0 Å². The Bertz CT molecular complexity index is 376. The van der Waals surface area contributed by atoms with Crippen molar-refractivity contribution >= 4 is 23.2 Å². The lowest BCUT2D eigenvalue weighted by atomic mass is 9.80. The number of rotatable bonds is 3. The van der Waals surface area contributed by atoms with Crippen LogP contribution in [0.3, 0.4) is 0 Å². The van der Waals surface area contributed by atoms with E-state index in [1.54, 1.807) is 0 Å². The Morgan fingerprint density at radius 2 is 2.00 bits per heavy atom. The van der Waals surface area contributed by atoms with Gasteiger partial charge in [-0.2, -0.15) is 0 Å². The van der Waals surface area contributed by atoms with Gasteiger partial charge in [0.1, 0.15) is 0 Å². The zero-order valence-corrected chi connectivity index (χ0v) is 11.7. The molecule has 2 rings (SSSR count). The minimum absolute atomic E-state index is 0.509. The Hall–Kier alpha value is -0.240. The van der Waals surface area contributed by atoms with Crippen molar-refractivity contribution in [3.8, 4) is 0 Å². The van der Waals surface area contributed by atoms with Gasteiger partial charge in [0.05, 0.1) is 0 Å². The number of benzene rings is 1. The molecule has 0 heterocycles. The van der Waals surface area contributed by atoms with Crippen molar-refractivity contribution in [2.24, 2.45) is 0 Å². The lowest BCUT2D eigenvalue weighted by molar-refractivity contribution is 0.332. The van der Waals surface area contributed by atoms with E-state index in [2.05, 4.69) is 12.2 Å². The van der Waals surface area contributed by atoms with Crippen molar-refractivity contribution < 1.29 is 0 Å². The summed E-state index contributed by atoms with van der Waals surface area (Å²) in [6.45, 7) is 3.17. The average Bonchev–Trinajstić information content (AvgIpc) is 2.34. The molecular formula is C14H19Cl2N. The number of nitrogens with one attached hydrogen (secondary N) is 1. The van der Waals surface area contributed by atoms with E-state index in [1.165, 1.54) is 31.2 Å². The fourth-order valence-corrected chi connectivity index (χ4v) is 3.25. The van der Waals surface area contributed by atoms with Crippen molar-refractivity contribution in [2.45, 2.75) is 44.6 Å². The van der Waals surface area contributed by atoms with E-state index in [4.69, 9.17) is 23.2 Å². The summed E-state index contributed by atoms with van der Waals surface area (Å²) in [5.41, 5.74) is 1.21. The number of likely N-dealkylation sites (N-methyl/N-ethyl adjacent to an activating group) is 1. The number of hydrogen-bond acceptors (Lipinski definition) is 1. The summed E-state index contributed by atoms with van der Waals surface area (Å²) in [6.07, 6.45) is 5.04. The van der Waals surface area contributed by atoms with E-state index in [1.807, 2.05) is 18.2 Å². The molecule has 3 heteroatoms. The van der Waals surface area contributed by atoms with Crippen molar-refractivity contribution in [3.05, 3.63) is 33.8 Å². The highest BCUT2D eigenvalue weighted by molar-refractivity contribution is 6.33. The zero-order valence-electron chi connectivity index (χ0n) is 10.2. The van der Waals surface area contributed by atoms with Crippen LogP contribution >= 0.6 is 23.2 Å². The Morgan fingerprint density at radius 1 is 1.24 bits per heavy atom. The van der Waals surface area contributed by atoms with Crippen LogP contribution < -0.4 is 5.32 Å². The highest BCUT2D eigenvalue weighted by Crippen LogP contribution is 2.37. The molecule has 0 aromatic heterocycles. The van der Waals surface area contributed by atoms with Crippen LogP contribution in [0.5, 0.6) is 0 Å². The minimum atomic E-state index is 0.509. The Labute approximate surface area is 114 Å². The second-order valence-corrected chi connectivity index (χ2v) is 5.56. The van der Waals surface area contributed by atoms with Gasteiger partial charge in [-0.1, -0.05) is 43.0 Å². The normalized spacial score (nSPS) is 24.9. The van der Waals surface area contributed by atoms with Gasteiger partial charge >= 0.3 is 0 Å². The highest BCUT2D eigenvalue weighted by atomic mass is 35.5. The third-order valence-corrected chi connectivity index (χ3v) is 4.17. The molecule has 1 aromatic rings. The first-order valence-corrected chi connectivity index (χ1v) is 7.16. The summed E-state index contributed by atoms with van der Waals surface area (Å²) in [7, 11) is 0. The van der Waals surface area contributed by atoms with Crippen LogP contribution in [0.15, 0.2) is 18.2 Å². The zero-order chi connectivity index (χ0) is 12.3. The molecule has 1 saturated carbocycles. The van der Waals surface area contributed by atoms with E-state index in [0.717, 1.165) is 16.6 Å². The van der Waals surface area contributed by atoms with Gasteiger partial charge in [0.25, 0.3) is 0 Å². The molecule has 1 nitrogen and oxygen atoms in total. The van der Waals surface area contributed by atoms with Crippen LogP contribution in [-0.2, 0) is 0 Å². The van der Waals surface area contributed by atoms with Gasteiger partial charge in [-0.25, -0.2) is 0 Å². The van der Waals surface area contributed by atoms with E-state index < -0.39 is 0 Å². The maximum absolute atomic E-state index is 6.31. The summed E-state index contributed by atoms with van der Waals surface area (Å²) in [5.74, 6) is 0.509. The molecular weight excluding hydrogens is 253 g/mol. The van der Waals surface area contributed by atoms with Gasteiger partial charge < -0.3 is 5.32 Å². The molecule has 0 saturated heterocycles. The molecule has 0 aliphatic heterocycles. The van der Waals surface area contributed by atoms with Crippen LogP contribution in [0, 0.1) is 0 Å². The van der Waals surface area contributed by atoms with E-state index in [9.17, 15) is 0 Å². The lowest BCUT2D eigenvalue weighted by Gasteiger charge is -2.33. The largest absolute Gasteiger partial charge is 0.314 e. The van der Waals surface area contributed by atoms with Gasteiger partial charge in [-0.3, -0.25) is 0 Å². The van der Waals surface area contributed by atoms with Crippen molar-refractivity contribution in [1.82, 2.24) is 5.32 Å². The number of halogens is 2. The molecule has 94 valence electrons. The third kappa shape index (κ3) is 3.15. The molecule has 1 aliphatic rings. The standard InChI is InChI=1S/C14H19Cl2N/c1-2-17-14-6-4-3-5-11(14)12-9-10(15)7-8-13(12)16/h7-9,11,14,17H,2-6H2,1H3. The summed E-state index contributed by atoms with van der Waals surface area (Å²) in [4.78, 5) is 0. The summed E-state index contributed by atoms with van der Waals surface area (Å²) in [6, 6.07) is 6.35. The molecule has 17 heavy (non-hydrogen) atoms. The monoisotopic (exact) mass is 271 g/mol. The van der Waals surface area contributed by atoms with Crippen LogP contribution in [0.25, 0.3) is 0 Å². The predicted molar refractivity (Wildman–Crippen MR) is 75.1 cm³/mol. The fraction of sp³-hybridized carbons (Fsp3) is 0.571. The quantitative estimate of drug-likeness (QED) is 0.846. The molecule has 0 bridgehead atoms. The first-order chi connectivity index (χ1) is 8.22. The summed E-state index contributed by atoms with van der Waals surface area (Å²) < 4.78 is 0. The second-order valence-electron chi connectivity index (χ2n) is 4.72. The van der Waals surface area contributed by atoms with E-state index in [0.29, 0.717) is 12.0 Å². The van der Waals surface area contributed by atoms with Gasteiger partial charge in [0, 0.05) is 22.0 Å². The fourth-order valence-electron chi connectivity index (χ4n) is 2.81. The maximum Gasteiger partial charge on any atom is 0.0442 e. The first-order valence-electron chi connectivity index (χ1n) is 6.40. The Kier molecular flexibility index (Phi) is 4.72. The first kappa shape index (κ1) is 13.2. The number of hydrogen-bond donors (Lipinski definition) is 1. The van der Waals surface area contributed by atoms with Gasteiger partial charge in [0.2, 0.25) is 0 Å². The van der Waals surface area contributed by atoms with E-state index in [-0.39, 0.29) is 0 Å². The van der Waals surface area contributed by atoms with Gasteiger partial charge in [0.15, 0.2) is 0 Å². The van der Waals surface area contributed by atoms with Gasteiger partial charge in [-0.05, 0) is 43.1 Å². The average molecular weight is 272 g/mol. The SMILES string of the molecule is CCNC1CCCCC1c1cc(Cl)ccc1Cl. The molecule has 0 amide bonds. The van der Waals surface area contributed by atoms with Crippen LogP contribution in [-0.4, -0.2) is 12.6 Å². The molecule has 1 fully saturated rings. The molecule has 0 spiro atoms. The molecule has 0 radical (unpaired) electrons. The van der Waals surface area contributed by atoms with Gasteiger partial charge in [-0.15, -0.1) is 0 Å². The molecule has 1 aliphatic carbocycles. The van der Waals surface area contributed by atoms with E-state index >= 15 is 0 Å². The third-order valence-electron chi connectivity index (χ3n) is 3.59. The summed E-state index contributed by atoms with van der Waals surface area (Å²) in [5, 5.41) is 5.21. The maximum atomic E-state index is 6.31. The van der Waals surface area contributed by atoms with Crippen molar-refractivity contribution in [2.75, 3.05) is 6.54 Å². The minimum Gasteiger partial charge on any atom is -0.314 e. The Morgan fingerprint density at radius 3 is 2.76 bits per heavy atom. The van der Waals surface area contributed by atoms with Crippen LogP contribution in [0.1, 0.15) is 44.1 Å². The lowest BCUT2D eigenvalue weighted by Crippen LogP contribution is -2.37. The smallest absolute Gasteiger partial charge is 0.0442 e. The Balaban J connectivity index is 2.25. The molecule has 2 unspecified atom stereocenters.